The Bertz CT molecular complexity index is 444. The van der Waals surface area contributed by atoms with E-state index >= 15 is 0 Å². The van der Waals surface area contributed by atoms with E-state index in [4.69, 9.17) is 4.74 Å². The predicted molar refractivity (Wildman–Crippen MR) is 71.8 cm³/mol. The monoisotopic (exact) mass is 261 g/mol. The number of hydrogen-bond donors (Lipinski definition) is 0. The fourth-order valence-electron chi connectivity index (χ4n) is 2.42. The third-order valence-corrected chi connectivity index (χ3v) is 3.54. The normalized spacial score (nSPS) is 20.3. The van der Waals surface area contributed by atoms with Gasteiger partial charge in [-0.3, -0.25) is 14.5 Å². The number of hydrogen-bond acceptors (Lipinski definition) is 4. The molecule has 0 radical (unpaired) electrons. The Morgan fingerprint density at radius 3 is 2.79 bits per heavy atom. The average Bonchev–Trinajstić information content (AvgIpc) is 2.46. The molecule has 4 heteroatoms. The Labute approximate surface area is 113 Å². The van der Waals surface area contributed by atoms with Crippen molar-refractivity contribution >= 4 is 11.8 Å². The van der Waals surface area contributed by atoms with Crippen LogP contribution >= 0.6 is 0 Å². The van der Waals surface area contributed by atoms with E-state index in [1.54, 1.807) is 0 Å². The van der Waals surface area contributed by atoms with Crippen molar-refractivity contribution in [2.45, 2.75) is 25.3 Å². The highest BCUT2D eigenvalue weighted by molar-refractivity contribution is 5.87. The maximum atomic E-state index is 11.7. The largest absolute Gasteiger partial charge is 0.468 e. The summed E-state index contributed by atoms with van der Waals surface area (Å²) in [6.07, 6.45) is 1.69. The summed E-state index contributed by atoms with van der Waals surface area (Å²) in [6, 6.07) is 9.74. The number of esters is 1. The van der Waals surface area contributed by atoms with Crippen molar-refractivity contribution in [3.05, 3.63) is 35.9 Å². The second kappa shape index (κ2) is 6.48. The van der Waals surface area contributed by atoms with E-state index in [9.17, 15) is 9.59 Å². The topological polar surface area (TPSA) is 46.6 Å². The van der Waals surface area contributed by atoms with Gasteiger partial charge in [-0.05, 0) is 12.0 Å². The lowest BCUT2D eigenvalue weighted by Crippen LogP contribution is -2.48. The highest BCUT2D eigenvalue weighted by atomic mass is 16.5. The van der Waals surface area contributed by atoms with Gasteiger partial charge in [0, 0.05) is 25.9 Å². The number of Topliss-reactive ketones (excluding diaryl/α,β-unsaturated/α-hetero) is 1. The van der Waals surface area contributed by atoms with Gasteiger partial charge >= 0.3 is 5.97 Å². The molecule has 19 heavy (non-hydrogen) atoms. The average molecular weight is 261 g/mol. The summed E-state index contributed by atoms with van der Waals surface area (Å²) in [5.41, 5.74) is 1.24. The Morgan fingerprint density at radius 1 is 1.37 bits per heavy atom. The summed E-state index contributed by atoms with van der Waals surface area (Å²) in [5, 5.41) is 0. The van der Waals surface area contributed by atoms with Gasteiger partial charge in [0.25, 0.3) is 0 Å². The van der Waals surface area contributed by atoms with Gasteiger partial charge in [-0.2, -0.15) is 0 Å². The molecule has 1 aliphatic heterocycles. The van der Waals surface area contributed by atoms with Crippen LogP contribution in [0.15, 0.2) is 30.3 Å². The van der Waals surface area contributed by atoms with Crippen molar-refractivity contribution in [3.8, 4) is 0 Å². The molecule has 1 saturated heterocycles. The molecule has 0 aromatic heterocycles. The van der Waals surface area contributed by atoms with E-state index < -0.39 is 6.04 Å². The molecule has 1 aromatic carbocycles. The van der Waals surface area contributed by atoms with Crippen LogP contribution in [0.4, 0.5) is 0 Å². The third kappa shape index (κ3) is 3.64. The number of methoxy groups -OCH3 is 1. The summed E-state index contributed by atoms with van der Waals surface area (Å²) in [6.45, 7) is 1.42. The molecule has 1 aliphatic rings. The van der Waals surface area contributed by atoms with Crippen LogP contribution in [0, 0.1) is 0 Å². The lowest BCUT2D eigenvalue weighted by Gasteiger charge is -2.32. The minimum absolute atomic E-state index is 0.145. The molecule has 0 bridgehead atoms. The lowest BCUT2D eigenvalue weighted by atomic mass is 10.00. The summed E-state index contributed by atoms with van der Waals surface area (Å²) in [5.74, 6) is -0.160. The first-order valence-corrected chi connectivity index (χ1v) is 6.58. The number of rotatable bonds is 4. The number of piperidine rings is 1. The van der Waals surface area contributed by atoms with Gasteiger partial charge in [0.2, 0.25) is 0 Å². The minimum Gasteiger partial charge on any atom is -0.468 e. The Hall–Kier alpha value is -1.68. The van der Waals surface area contributed by atoms with Crippen molar-refractivity contribution in [1.29, 1.82) is 0 Å². The van der Waals surface area contributed by atoms with Crippen LogP contribution < -0.4 is 0 Å². The minimum atomic E-state index is -0.407. The molecular formula is C15H19NO3. The van der Waals surface area contributed by atoms with Crippen molar-refractivity contribution in [1.82, 2.24) is 4.90 Å². The smallest absolute Gasteiger partial charge is 0.323 e. The fourth-order valence-corrected chi connectivity index (χ4v) is 2.42. The molecule has 0 aliphatic carbocycles. The SMILES string of the molecule is COC(=O)[C@@H]1CC(=O)CCN1CCc1ccccc1. The van der Waals surface area contributed by atoms with Crippen LogP contribution in [0.5, 0.6) is 0 Å². The zero-order valence-electron chi connectivity index (χ0n) is 11.2. The van der Waals surface area contributed by atoms with Crippen LogP contribution in [0.25, 0.3) is 0 Å². The number of ether oxygens (including phenoxy) is 1. The molecule has 2 rings (SSSR count). The molecule has 0 unspecified atom stereocenters. The van der Waals surface area contributed by atoms with Crippen LogP contribution in [0.2, 0.25) is 0 Å². The number of carbonyl (C=O) groups is 2. The number of nitrogens with zero attached hydrogens (tertiary/aromatic N) is 1. The van der Waals surface area contributed by atoms with E-state index in [-0.39, 0.29) is 18.2 Å². The first kappa shape index (κ1) is 13.7. The molecule has 102 valence electrons. The van der Waals surface area contributed by atoms with Crippen LogP contribution in [0.3, 0.4) is 0 Å². The van der Waals surface area contributed by atoms with E-state index in [0.717, 1.165) is 13.0 Å². The second-order valence-electron chi connectivity index (χ2n) is 4.80. The first-order chi connectivity index (χ1) is 9.20. The van der Waals surface area contributed by atoms with Crippen molar-refractivity contribution in [2.24, 2.45) is 0 Å². The van der Waals surface area contributed by atoms with Gasteiger partial charge in [-0.15, -0.1) is 0 Å². The van der Waals surface area contributed by atoms with E-state index in [1.165, 1.54) is 12.7 Å². The molecule has 0 spiro atoms. The highest BCUT2D eigenvalue weighted by Crippen LogP contribution is 2.16. The molecule has 0 N–H and O–H groups in total. The Balaban J connectivity index is 1.97. The number of carbonyl (C=O) groups excluding carboxylic acids is 2. The second-order valence-corrected chi connectivity index (χ2v) is 4.80. The maximum Gasteiger partial charge on any atom is 0.323 e. The van der Waals surface area contributed by atoms with Crippen LogP contribution in [-0.2, 0) is 20.7 Å². The molecular weight excluding hydrogens is 242 g/mol. The highest BCUT2D eigenvalue weighted by Gasteiger charge is 2.32. The fraction of sp³-hybridized carbons (Fsp3) is 0.467. The van der Waals surface area contributed by atoms with E-state index in [2.05, 4.69) is 17.0 Å². The zero-order valence-corrected chi connectivity index (χ0v) is 11.2. The number of ketones is 1. The lowest BCUT2D eigenvalue weighted by molar-refractivity contribution is -0.150. The third-order valence-electron chi connectivity index (χ3n) is 3.54. The number of likely N-dealkylation sites (tertiary alicyclic amines) is 1. The first-order valence-electron chi connectivity index (χ1n) is 6.58. The summed E-state index contributed by atoms with van der Waals surface area (Å²) in [7, 11) is 1.37. The standard InChI is InChI=1S/C15H19NO3/c1-19-15(18)14-11-13(17)8-10-16(14)9-7-12-5-3-2-4-6-12/h2-6,14H,7-11H2,1H3/t14-/m0/s1. The molecule has 0 amide bonds. The predicted octanol–water partition coefficient (Wildman–Crippen LogP) is 1.44. The van der Waals surface area contributed by atoms with Crippen LogP contribution in [-0.4, -0.2) is 42.9 Å². The van der Waals surface area contributed by atoms with E-state index in [0.29, 0.717) is 13.0 Å². The number of benzene rings is 1. The molecule has 0 saturated carbocycles. The maximum absolute atomic E-state index is 11.7. The van der Waals surface area contributed by atoms with Gasteiger partial charge < -0.3 is 4.74 Å². The quantitative estimate of drug-likeness (QED) is 0.769. The van der Waals surface area contributed by atoms with Gasteiger partial charge in [0.05, 0.1) is 7.11 Å². The van der Waals surface area contributed by atoms with Gasteiger partial charge in [-0.1, -0.05) is 30.3 Å². The molecule has 1 aromatic rings. The Kier molecular flexibility index (Phi) is 4.68. The van der Waals surface area contributed by atoms with Crippen molar-refractivity contribution < 1.29 is 14.3 Å². The van der Waals surface area contributed by atoms with Crippen LogP contribution in [0.1, 0.15) is 18.4 Å². The van der Waals surface area contributed by atoms with Gasteiger partial charge in [0.15, 0.2) is 0 Å². The van der Waals surface area contributed by atoms with E-state index in [1.807, 2.05) is 18.2 Å². The van der Waals surface area contributed by atoms with Crippen molar-refractivity contribution in [2.75, 3.05) is 20.2 Å². The Morgan fingerprint density at radius 2 is 2.11 bits per heavy atom. The summed E-state index contributed by atoms with van der Waals surface area (Å²) in [4.78, 5) is 25.3. The molecule has 1 atom stereocenters. The molecule has 1 heterocycles. The van der Waals surface area contributed by atoms with Gasteiger partial charge in [-0.25, -0.2) is 0 Å². The van der Waals surface area contributed by atoms with Crippen molar-refractivity contribution in [3.63, 3.8) is 0 Å². The zero-order chi connectivity index (χ0) is 13.7. The summed E-state index contributed by atoms with van der Waals surface area (Å²) >= 11 is 0. The molecule has 1 fully saturated rings. The van der Waals surface area contributed by atoms with Gasteiger partial charge in [0.1, 0.15) is 11.8 Å². The summed E-state index contributed by atoms with van der Waals surface area (Å²) < 4.78 is 4.79. The molecule has 4 nitrogen and oxygen atoms in total.